The molecule has 0 saturated carbocycles. The van der Waals surface area contributed by atoms with Crippen molar-refractivity contribution >= 4 is 54.5 Å². The van der Waals surface area contributed by atoms with Crippen molar-refractivity contribution in [3.05, 3.63) is 41.6 Å². The second-order valence-corrected chi connectivity index (χ2v) is 7.13. The van der Waals surface area contributed by atoms with Crippen LogP contribution >= 0.6 is 54.5 Å². The van der Waals surface area contributed by atoms with Gasteiger partial charge in [0.25, 0.3) is 0 Å². The van der Waals surface area contributed by atoms with Crippen molar-refractivity contribution in [2.24, 2.45) is 0 Å². The number of nitrogens with one attached hydrogen (secondary N) is 1. The van der Waals surface area contributed by atoms with Gasteiger partial charge >= 0.3 is 0 Å². The molecule has 5 heteroatoms. The first-order chi connectivity index (χ1) is 7.22. The Hall–Kier alpha value is 0.320. The molecular weight excluding hydrogens is 358 g/mol. The van der Waals surface area contributed by atoms with Crippen LogP contribution in [0.5, 0.6) is 0 Å². The summed E-state index contributed by atoms with van der Waals surface area (Å²) < 4.78 is 2.35. The maximum absolute atomic E-state index is 3.57. The molecule has 0 amide bonds. The topological polar surface area (TPSA) is 12.0 Å². The van der Waals surface area contributed by atoms with E-state index in [9.17, 15) is 0 Å². The molecule has 1 unspecified atom stereocenters. The quantitative estimate of drug-likeness (QED) is 0.833. The van der Waals surface area contributed by atoms with Crippen molar-refractivity contribution in [2.75, 3.05) is 7.05 Å². The van der Waals surface area contributed by atoms with Gasteiger partial charge in [0.05, 0.1) is 9.83 Å². The molecule has 2 heterocycles. The standard InChI is InChI=1S/C10H9Br2NS2/c1-13-9(6-4-8(12)15-5-6)10-7(11)2-3-14-10/h2-5,9,13H,1H3. The van der Waals surface area contributed by atoms with E-state index in [1.807, 2.05) is 7.05 Å². The first kappa shape index (κ1) is 11.8. The molecule has 0 aliphatic carbocycles. The van der Waals surface area contributed by atoms with Gasteiger partial charge in [0, 0.05) is 9.35 Å². The summed E-state index contributed by atoms with van der Waals surface area (Å²) in [5, 5.41) is 7.62. The predicted molar refractivity (Wildman–Crippen MR) is 74.9 cm³/mol. The summed E-state index contributed by atoms with van der Waals surface area (Å²) in [7, 11) is 1.99. The lowest BCUT2D eigenvalue weighted by atomic mass is 10.1. The largest absolute Gasteiger partial charge is 0.309 e. The van der Waals surface area contributed by atoms with Crippen LogP contribution < -0.4 is 5.32 Å². The van der Waals surface area contributed by atoms with Gasteiger partial charge in [0.1, 0.15) is 0 Å². The fourth-order valence-corrected chi connectivity index (χ4v) is 4.37. The van der Waals surface area contributed by atoms with Gasteiger partial charge in [-0.2, -0.15) is 0 Å². The molecule has 0 fully saturated rings. The van der Waals surface area contributed by atoms with Crippen LogP contribution in [0.2, 0.25) is 0 Å². The summed E-state index contributed by atoms with van der Waals surface area (Å²) in [5.41, 5.74) is 1.30. The summed E-state index contributed by atoms with van der Waals surface area (Å²) in [6.45, 7) is 0. The third-order valence-corrected chi connectivity index (χ3v) is 5.58. The molecule has 80 valence electrons. The van der Waals surface area contributed by atoms with E-state index in [0.29, 0.717) is 0 Å². The van der Waals surface area contributed by atoms with Crippen LogP contribution in [0.4, 0.5) is 0 Å². The van der Waals surface area contributed by atoms with Crippen LogP contribution in [-0.2, 0) is 0 Å². The Labute approximate surface area is 114 Å². The molecule has 0 radical (unpaired) electrons. The lowest BCUT2D eigenvalue weighted by Gasteiger charge is -2.13. The van der Waals surface area contributed by atoms with Crippen LogP contribution in [-0.4, -0.2) is 7.05 Å². The zero-order valence-electron chi connectivity index (χ0n) is 7.96. The average Bonchev–Trinajstić information content (AvgIpc) is 2.79. The highest BCUT2D eigenvalue weighted by Gasteiger charge is 2.17. The molecule has 0 aliphatic rings. The van der Waals surface area contributed by atoms with Gasteiger partial charge in [-0.15, -0.1) is 22.7 Å². The van der Waals surface area contributed by atoms with E-state index in [0.717, 1.165) is 0 Å². The number of hydrogen-bond acceptors (Lipinski definition) is 3. The maximum atomic E-state index is 3.57. The minimum absolute atomic E-state index is 0.280. The first-order valence-electron chi connectivity index (χ1n) is 4.36. The Bertz CT molecular complexity index is 450. The molecule has 0 aromatic carbocycles. The van der Waals surface area contributed by atoms with Gasteiger partial charge in [-0.1, -0.05) is 0 Å². The Kier molecular flexibility index (Phi) is 4.01. The van der Waals surface area contributed by atoms with Gasteiger partial charge < -0.3 is 5.32 Å². The van der Waals surface area contributed by atoms with Gasteiger partial charge in [-0.05, 0) is 67.4 Å². The molecular formula is C10H9Br2NS2. The minimum atomic E-state index is 0.280. The molecule has 2 aromatic heterocycles. The smallest absolute Gasteiger partial charge is 0.0701 e. The van der Waals surface area contributed by atoms with Crippen LogP contribution in [0.1, 0.15) is 16.5 Å². The van der Waals surface area contributed by atoms with Crippen LogP contribution in [0.3, 0.4) is 0 Å². The normalized spacial score (nSPS) is 13.0. The first-order valence-corrected chi connectivity index (χ1v) is 7.71. The number of rotatable bonds is 3. The predicted octanol–water partition coefficient (Wildman–Crippen LogP) is 4.64. The second-order valence-electron chi connectivity index (χ2n) is 3.04. The van der Waals surface area contributed by atoms with Gasteiger partial charge in [-0.25, -0.2) is 0 Å². The molecule has 15 heavy (non-hydrogen) atoms. The highest BCUT2D eigenvalue weighted by atomic mass is 79.9. The van der Waals surface area contributed by atoms with Crippen molar-refractivity contribution in [1.29, 1.82) is 0 Å². The van der Waals surface area contributed by atoms with Crippen LogP contribution in [0.25, 0.3) is 0 Å². The third-order valence-electron chi connectivity index (χ3n) is 2.12. The van der Waals surface area contributed by atoms with Crippen molar-refractivity contribution in [3.8, 4) is 0 Å². The molecule has 1 nitrogen and oxygen atoms in total. The van der Waals surface area contributed by atoms with Gasteiger partial charge in [0.15, 0.2) is 0 Å². The van der Waals surface area contributed by atoms with E-state index in [-0.39, 0.29) is 6.04 Å². The number of thiophene rings is 2. The van der Waals surface area contributed by atoms with E-state index < -0.39 is 0 Å². The molecule has 1 atom stereocenters. The Morgan fingerprint density at radius 2 is 2.13 bits per heavy atom. The number of halogens is 2. The summed E-state index contributed by atoms with van der Waals surface area (Å²) in [4.78, 5) is 1.32. The van der Waals surface area contributed by atoms with E-state index >= 15 is 0 Å². The highest BCUT2D eigenvalue weighted by molar-refractivity contribution is 9.11. The van der Waals surface area contributed by atoms with Crippen LogP contribution in [0, 0.1) is 0 Å². The van der Waals surface area contributed by atoms with Crippen molar-refractivity contribution in [1.82, 2.24) is 5.32 Å². The summed E-state index contributed by atoms with van der Waals surface area (Å²) in [5.74, 6) is 0. The Morgan fingerprint density at radius 1 is 1.33 bits per heavy atom. The summed E-state index contributed by atoms with van der Waals surface area (Å²) >= 11 is 10.6. The van der Waals surface area contributed by atoms with E-state index in [2.05, 4.69) is 60.1 Å². The van der Waals surface area contributed by atoms with Gasteiger partial charge in [0.2, 0.25) is 0 Å². The fourth-order valence-electron chi connectivity index (χ4n) is 1.44. The molecule has 2 rings (SSSR count). The summed E-state index contributed by atoms with van der Waals surface area (Å²) in [6, 6.07) is 4.53. The molecule has 0 spiro atoms. The van der Waals surface area contributed by atoms with E-state index in [4.69, 9.17) is 0 Å². The average molecular weight is 367 g/mol. The molecule has 0 aliphatic heterocycles. The Morgan fingerprint density at radius 3 is 2.60 bits per heavy atom. The summed E-state index contributed by atoms with van der Waals surface area (Å²) in [6.07, 6.45) is 0. The lowest BCUT2D eigenvalue weighted by Crippen LogP contribution is -2.16. The highest BCUT2D eigenvalue weighted by Crippen LogP contribution is 2.35. The van der Waals surface area contributed by atoms with Crippen molar-refractivity contribution in [3.63, 3.8) is 0 Å². The van der Waals surface area contributed by atoms with Crippen molar-refractivity contribution < 1.29 is 0 Å². The SMILES string of the molecule is CNC(c1csc(Br)c1)c1sccc1Br. The second kappa shape index (κ2) is 5.10. The van der Waals surface area contributed by atoms with Gasteiger partial charge in [-0.3, -0.25) is 0 Å². The zero-order chi connectivity index (χ0) is 10.8. The van der Waals surface area contributed by atoms with E-state index in [1.165, 1.54) is 18.7 Å². The number of hydrogen-bond donors (Lipinski definition) is 1. The zero-order valence-corrected chi connectivity index (χ0v) is 12.8. The monoisotopic (exact) mass is 365 g/mol. The van der Waals surface area contributed by atoms with Crippen molar-refractivity contribution in [2.45, 2.75) is 6.04 Å². The van der Waals surface area contributed by atoms with E-state index in [1.54, 1.807) is 22.7 Å². The minimum Gasteiger partial charge on any atom is -0.309 e. The Balaban J connectivity index is 2.36. The maximum Gasteiger partial charge on any atom is 0.0701 e. The lowest BCUT2D eigenvalue weighted by molar-refractivity contribution is 0.704. The molecule has 0 saturated heterocycles. The molecule has 1 N–H and O–H groups in total. The fraction of sp³-hybridized carbons (Fsp3) is 0.200. The third kappa shape index (κ3) is 2.53. The molecule has 0 bridgehead atoms. The molecule has 2 aromatic rings. The van der Waals surface area contributed by atoms with Crippen LogP contribution in [0.15, 0.2) is 31.2 Å².